The van der Waals surface area contributed by atoms with E-state index in [1.54, 1.807) is 12.4 Å². The van der Waals surface area contributed by atoms with Gasteiger partial charge in [0.05, 0.1) is 0 Å². The molecule has 1 aliphatic heterocycles. The molecule has 1 fully saturated rings. The minimum Gasteiger partial charge on any atom is -0.444 e. The molecule has 1 aliphatic rings. The summed E-state index contributed by atoms with van der Waals surface area (Å²) in [6.45, 7) is 11.0. The summed E-state index contributed by atoms with van der Waals surface area (Å²) in [5, 5.41) is 3.80. The molecule has 1 amide bonds. The Hall–Kier alpha value is -2.48. The standard InChI is InChI=1S/C21H31N5O3/c1-5-25(18(19-23-15-24-29-19)17-6-10-22-11-7-17)14-16-8-12-26(13-9-16)20(27)28-21(2,3)4/h6-7,10-11,15-16,18H,5,8-9,12-14H2,1-4H3. The Labute approximate surface area is 172 Å². The van der Waals surface area contributed by atoms with Crippen LogP contribution in [0.25, 0.3) is 0 Å². The lowest BCUT2D eigenvalue weighted by Crippen LogP contribution is -2.44. The second-order valence-electron chi connectivity index (χ2n) is 8.46. The number of carbonyl (C=O) groups is 1. The largest absolute Gasteiger partial charge is 0.444 e. The highest BCUT2D eigenvalue weighted by Crippen LogP contribution is 2.29. The van der Waals surface area contributed by atoms with Crippen molar-refractivity contribution in [2.45, 2.75) is 52.2 Å². The molecular formula is C21H31N5O3. The fraction of sp³-hybridized carbons (Fsp3) is 0.619. The maximum atomic E-state index is 12.3. The molecule has 0 bridgehead atoms. The van der Waals surface area contributed by atoms with Crippen LogP contribution in [0, 0.1) is 5.92 Å². The SMILES string of the molecule is CCN(CC1CCN(C(=O)OC(C)(C)C)CC1)C(c1ccncc1)c1ncno1. The molecule has 0 aromatic carbocycles. The number of hydrogen-bond acceptors (Lipinski definition) is 7. The van der Waals surface area contributed by atoms with Crippen molar-refractivity contribution in [1.82, 2.24) is 24.9 Å². The first kappa shape index (κ1) is 21.2. The fourth-order valence-corrected chi connectivity index (χ4v) is 3.73. The van der Waals surface area contributed by atoms with Crippen molar-refractivity contribution >= 4 is 6.09 Å². The van der Waals surface area contributed by atoms with Crippen LogP contribution in [0.3, 0.4) is 0 Å². The van der Waals surface area contributed by atoms with Crippen LogP contribution in [-0.2, 0) is 4.74 Å². The van der Waals surface area contributed by atoms with Gasteiger partial charge in [0.2, 0.25) is 5.89 Å². The molecule has 1 unspecified atom stereocenters. The van der Waals surface area contributed by atoms with Gasteiger partial charge in [0.25, 0.3) is 0 Å². The number of likely N-dealkylation sites (tertiary alicyclic amines) is 1. The monoisotopic (exact) mass is 401 g/mol. The Bertz CT molecular complexity index is 752. The molecule has 0 spiro atoms. The van der Waals surface area contributed by atoms with Crippen molar-refractivity contribution in [3.63, 3.8) is 0 Å². The van der Waals surface area contributed by atoms with E-state index in [4.69, 9.17) is 9.26 Å². The van der Waals surface area contributed by atoms with Crippen LogP contribution in [0.5, 0.6) is 0 Å². The molecule has 29 heavy (non-hydrogen) atoms. The maximum absolute atomic E-state index is 12.3. The number of hydrogen-bond donors (Lipinski definition) is 0. The molecule has 0 radical (unpaired) electrons. The van der Waals surface area contributed by atoms with Gasteiger partial charge in [0.15, 0.2) is 6.33 Å². The summed E-state index contributed by atoms with van der Waals surface area (Å²) in [5.74, 6) is 1.07. The van der Waals surface area contributed by atoms with Crippen LogP contribution in [0.2, 0.25) is 0 Å². The van der Waals surface area contributed by atoms with E-state index in [0.717, 1.165) is 44.6 Å². The van der Waals surface area contributed by atoms with Crippen molar-refractivity contribution in [3.05, 3.63) is 42.3 Å². The van der Waals surface area contributed by atoms with Gasteiger partial charge in [0, 0.05) is 32.0 Å². The summed E-state index contributed by atoms with van der Waals surface area (Å²) < 4.78 is 10.9. The normalized spacial score (nSPS) is 16.8. The summed E-state index contributed by atoms with van der Waals surface area (Å²) in [7, 11) is 0. The van der Waals surface area contributed by atoms with E-state index in [9.17, 15) is 4.79 Å². The van der Waals surface area contributed by atoms with Crippen molar-refractivity contribution in [2.24, 2.45) is 5.92 Å². The number of ether oxygens (including phenoxy) is 1. The van der Waals surface area contributed by atoms with E-state index >= 15 is 0 Å². The zero-order chi connectivity index (χ0) is 20.9. The van der Waals surface area contributed by atoms with Crippen molar-refractivity contribution < 1.29 is 14.1 Å². The molecule has 2 aromatic rings. The number of nitrogens with zero attached hydrogens (tertiary/aromatic N) is 5. The summed E-state index contributed by atoms with van der Waals surface area (Å²) in [5.41, 5.74) is 0.617. The second kappa shape index (κ2) is 9.35. The average Bonchev–Trinajstić information content (AvgIpc) is 3.21. The van der Waals surface area contributed by atoms with E-state index in [2.05, 4.69) is 26.9 Å². The van der Waals surface area contributed by atoms with Gasteiger partial charge in [-0.2, -0.15) is 4.98 Å². The van der Waals surface area contributed by atoms with Gasteiger partial charge in [-0.05, 0) is 63.8 Å². The van der Waals surface area contributed by atoms with Crippen LogP contribution in [0.1, 0.15) is 58.0 Å². The molecule has 8 heteroatoms. The van der Waals surface area contributed by atoms with E-state index in [1.165, 1.54) is 6.33 Å². The highest BCUT2D eigenvalue weighted by Gasteiger charge is 2.31. The van der Waals surface area contributed by atoms with Crippen molar-refractivity contribution in [3.8, 4) is 0 Å². The lowest BCUT2D eigenvalue weighted by atomic mass is 9.95. The van der Waals surface area contributed by atoms with E-state index in [0.29, 0.717) is 11.8 Å². The number of carbonyl (C=O) groups excluding carboxylic acids is 1. The lowest BCUT2D eigenvalue weighted by Gasteiger charge is -2.37. The summed E-state index contributed by atoms with van der Waals surface area (Å²) >= 11 is 0. The Morgan fingerprint density at radius 3 is 2.55 bits per heavy atom. The Morgan fingerprint density at radius 1 is 1.31 bits per heavy atom. The Kier molecular flexibility index (Phi) is 6.84. The average molecular weight is 402 g/mol. The minimum absolute atomic E-state index is 0.102. The van der Waals surface area contributed by atoms with Crippen LogP contribution in [0.4, 0.5) is 4.79 Å². The molecule has 8 nitrogen and oxygen atoms in total. The van der Waals surface area contributed by atoms with Gasteiger partial charge in [-0.15, -0.1) is 0 Å². The topological polar surface area (TPSA) is 84.6 Å². The quantitative estimate of drug-likeness (QED) is 0.732. The molecule has 3 rings (SSSR count). The molecule has 1 saturated heterocycles. The minimum atomic E-state index is -0.464. The van der Waals surface area contributed by atoms with Crippen LogP contribution in [0.15, 0.2) is 35.4 Å². The number of pyridine rings is 1. The van der Waals surface area contributed by atoms with Gasteiger partial charge in [0.1, 0.15) is 11.6 Å². The van der Waals surface area contributed by atoms with Crippen LogP contribution >= 0.6 is 0 Å². The summed E-state index contributed by atoms with van der Waals surface area (Å²) in [4.78, 5) is 24.9. The molecule has 0 saturated carbocycles. The number of piperidine rings is 1. The van der Waals surface area contributed by atoms with Gasteiger partial charge in [-0.3, -0.25) is 9.88 Å². The molecule has 2 aromatic heterocycles. The third-order valence-corrected chi connectivity index (χ3v) is 5.16. The van der Waals surface area contributed by atoms with Crippen molar-refractivity contribution in [2.75, 3.05) is 26.2 Å². The highest BCUT2D eigenvalue weighted by atomic mass is 16.6. The zero-order valence-electron chi connectivity index (χ0n) is 17.7. The molecular weight excluding hydrogens is 370 g/mol. The molecule has 0 N–H and O–H groups in total. The number of aromatic nitrogens is 3. The second-order valence-corrected chi connectivity index (χ2v) is 8.46. The maximum Gasteiger partial charge on any atom is 0.410 e. The molecule has 3 heterocycles. The first-order chi connectivity index (χ1) is 13.9. The van der Waals surface area contributed by atoms with Gasteiger partial charge in [-0.1, -0.05) is 12.1 Å². The molecule has 0 aliphatic carbocycles. The van der Waals surface area contributed by atoms with Crippen LogP contribution in [-0.4, -0.2) is 62.8 Å². The predicted octanol–water partition coefficient (Wildman–Crippen LogP) is 3.52. The number of amides is 1. The van der Waals surface area contributed by atoms with Gasteiger partial charge < -0.3 is 14.2 Å². The highest BCUT2D eigenvalue weighted by molar-refractivity contribution is 5.68. The lowest BCUT2D eigenvalue weighted by molar-refractivity contribution is 0.0163. The van der Waals surface area contributed by atoms with Gasteiger partial charge >= 0.3 is 6.09 Å². The first-order valence-corrected chi connectivity index (χ1v) is 10.3. The fourth-order valence-electron chi connectivity index (χ4n) is 3.73. The third-order valence-electron chi connectivity index (χ3n) is 5.16. The Morgan fingerprint density at radius 2 is 2.00 bits per heavy atom. The Balaban J connectivity index is 1.64. The van der Waals surface area contributed by atoms with E-state index < -0.39 is 5.60 Å². The van der Waals surface area contributed by atoms with Crippen molar-refractivity contribution in [1.29, 1.82) is 0 Å². The summed E-state index contributed by atoms with van der Waals surface area (Å²) in [6.07, 6.45) is 6.68. The van der Waals surface area contributed by atoms with Gasteiger partial charge in [-0.25, -0.2) is 4.79 Å². The molecule has 1 atom stereocenters. The smallest absolute Gasteiger partial charge is 0.410 e. The summed E-state index contributed by atoms with van der Waals surface area (Å²) in [6, 6.07) is 3.88. The first-order valence-electron chi connectivity index (χ1n) is 10.3. The zero-order valence-corrected chi connectivity index (χ0v) is 17.7. The predicted molar refractivity (Wildman–Crippen MR) is 108 cm³/mol. The van der Waals surface area contributed by atoms with Crippen LogP contribution < -0.4 is 0 Å². The number of rotatable bonds is 6. The molecule has 158 valence electrons. The third kappa shape index (κ3) is 5.76. The van der Waals surface area contributed by atoms with E-state index in [1.807, 2.05) is 37.8 Å². The van der Waals surface area contributed by atoms with E-state index in [-0.39, 0.29) is 12.1 Å².